The standard InChI is InChI=1S/C20H25N3/c1-2-7-17(8-3-1)13-20-16-22-12-6-10-19(22)15-23(20)14-18-9-4-5-11-21-18/h1-5,7-9,11,19-20H,6,10,12-16H2/t19-,20+/m0/s1. The molecule has 4 rings (SSSR count). The highest BCUT2D eigenvalue weighted by Crippen LogP contribution is 2.27. The van der Waals surface area contributed by atoms with Gasteiger partial charge in [-0.25, -0.2) is 0 Å². The smallest absolute Gasteiger partial charge is 0.0544 e. The zero-order chi connectivity index (χ0) is 15.5. The molecule has 2 aliphatic heterocycles. The van der Waals surface area contributed by atoms with Gasteiger partial charge in [-0.15, -0.1) is 0 Å². The van der Waals surface area contributed by atoms with Gasteiger partial charge in [-0.05, 0) is 43.5 Å². The van der Waals surface area contributed by atoms with Crippen molar-refractivity contribution >= 4 is 0 Å². The average molecular weight is 307 g/mol. The Morgan fingerprint density at radius 2 is 1.87 bits per heavy atom. The largest absolute Gasteiger partial charge is 0.298 e. The van der Waals surface area contributed by atoms with Crippen molar-refractivity contribution < 1.29 is 0 Å². The third-order valence-corrected chi connectivity index (χ3v) is 5.31. The average Bonchev–Trinajstić information content (AvgIpc) is 3.04. The Hall–Kier alpha value is -1.71. The zero-order valence-corrected chi connectivity index (χ0v) is 13.6. The fraction of sp³-hybridized carbons (Fsp3) is 0.450. The molecule has 23 heavy (non-hydrogen) atoms. The fourth-order valence-corrected chi connectivity index (χ4v) is 4.12. The maximum Gasteiger partial charge on any atom is 0.0544 e. The summed E-state index contributed by atoms with van der Waals surface area (Å²) < 4.78 is 0. The number of piperazine rings is 1. The van der Waals surface area contributed by atoms with Crippen LogP contribution in [-0.2, 0) is 13.0 Å². The van der Waals surface area contributed by atoms with Crippen LogP contribution >= 0.6 is 0 Å². The molecule has 0 amide bonds. The van der Waals surface area contributed by atoms with E-state index in [0.717, 1.165) is 19.0 Å². The van der Waals surface area contributed by atoms with E-state index in [1.54, 1.807) is 0 Å². The first-order valence-electron chi connectivity index (χ1n) is 8.80. The summed E-state index contributed by atoms with van der Waals surface area (Å²) in [5, 5.41) is 0. The highest BCUT2D eigenvalue weighted by molar-refractivity contribution is 5.17. The number of aromatic nitrogens is 1. The van der Waals surface area contributed by atoms with Crippen molar-refractivity contribution in [1.29, 1.82) is 0 Å². The summed E-state index contributed by atoms with van der Waals surface area (Å²) in [6, 6.07) is 18.5. The van der Waals surface area contributed by atoms with Crippen molar-refractivity contribution in [3.8, 4) is 0 Å². The first-order chi connectivity index (χ1) is 11.4. The van der Waals surface area contributed by atoms with Crippen LogP contribution in [0.5, 0.6) is 0 Å². The highest BCUT2D eigenvalue weighted by Gasteiger charge is 2.36. The van der Waals surface area contributed by atoms with Crippen molar-refractivity contribution in [2.24, 2.45) is 0 Å². The number of hydrogen-bond donors (Lipinski definition) is 0. The Kier molecular flexibility index (Phi) is 4.40. The van der Waals surface area contributed by atoms with Crippen LogP contribution in [0.1, 0.15) is 24.1 Å². The van der Waals surface area contributed by atoms with Crippen LogP contribution in [0.15, 0.2) is 54.7 Å². The van der Waals surface area contributed by atoms with E-state index in [0.29, 0.717) is 6.04 Å². The van der Waals surface area contributed by atoms with Crippen LogP contribution < -0.4 is 0 Å². The monoisotopic (exact) mass is 307 g/mol. The topological polar surface area (TPSA) is 19.4 Å². The van der Waals surface area contributed by atoms with E-state index in [4.69, 9.17) is 0 Å². The molecule has 0 spiro atoms. The van der Waals surface area contributed by atoms with Gasteiger partial charge in [0.05, 0.1) is 5.69 Å². The number of fused-ring (bicyclic) bond motifs is 1. The second kappa shape index (κ2) is 6.81. The van der Waals surface area contributed by atoms with E-state index in [1.165, 1.54) is 43.7 Å². The number of pyridine rings is 1. The highest BCUT2D eigenvalue weighted by atomic mass is 15.3. The van der Waals surface area contributed by atoms with Crippen LogP contribution in [-0.4, -0.2) is 46.5 Å². The van der Waals surface area contributed by atoms with Crippen LogP contribution in [0.2, 0.25) is 0 Å². The molecule has 2 saturated heterocycles. The summed E-state index contributed by atoms with van der Waals surface area (Å²) in [7, 11) is 0. The molecule has 2 aliphatic rings. The predicted molar refractivity (Wildman–Crippen MR) is 93.2 cm³/mol. The third-order valence-electron chi connectivity index (χ3n) is 5.31. The van der Waals surface area contributed by atoms with Gasteiger partial charge < -0.3 is 0 Å². The van der Waals surface area contributed by atoms with Crippen molar-refractivity contribution in [2.45, 2.75) is 37.9 Å². The van der Waals surface area contributed by atoms with E-state index in [-0.39, 0.29) is 0 Å². The maximum absolute atomic E-state index is 4.54. The Morgan fingerprint density at radius 1 is 1.00 bits per heavy atom. The molecular formula is C20H25N3. The molecule has 2 fully saturated rings. The molecule has 2 aromatic rings. The first kappa shape index (κ1) is 14.9. The Labute approximate surface area is 139 Å². The molecule has 0 saturated carbocycles. The third kappa shape index (κ3) is 3.46. The molecule has 3 nitrogen and oxygen atoms in total. The number of nitrogens with zero attached hydrogens (tertiary/aromatic N) is 3. The molecule has 3 heterocycles. The minimum Gasteiger partial charge on any atom is -0.298 e. The van der Waals surface area contributed by atoms with Gasteiger partial charge in [0.1, 0.15) is 0 Å². The van der Waals surface area contributed by atoms with Gasteiger partial charge in [-0.2, -0.15) is 0 Å². The van der Waals surface area contributed by atoms with Crippen LogP contribution in [0.25, 0.3) is 0 Å². The minimum atomic E-state index is 0.591. The van der Waals surface area contributed by atoms with E-state index in [9.17, 15) is 0 Å². The lowest BCUT2D eigenvalue weighted by Crippen LogP contribution is -2.56. The maximum atomic E-state index is 4.54. The van der Waals surface area contributed by atoms with Crippen molar-refractivity contribution in [1.82, 2.24) is 14.8 Å². The second-order valence-corrected chi connectivity index (χ2v) is 6.89. The normalized spacial score (nSPS) is 25.4. The Balaban J connectivity index is 1.52. The molecule has 0 N–H and O–H groups in total. The van der Waals surface area contributed by atoms with Gasteiger partial charge in [-0.3, -0.25) is 14.8 Å². The van der Waals surface area contributed by atoms with Gasteiger partial charge in [0.25, 0.3) is 0 Å². The lowest BCUT2D eigenvalue weighted by molar-refractivity contribution is 0.0447. The Bertz CT molecular complexity index is 558. The van der Waals surface area contributed by atoms with Crippen molar-refractivity contribution in [3.63, 3.8) is 0 Å². The van der Waals surface area contributed by atoms with Crippen LogP contribution in [0.3, 0.4) is 0 Å². The van der Waals surface area contributed by atoms with Gasteiger partial charge >= 0.3 is 0 Å². The number of benzene rings is 1. The summed E-state index contributed by atoms with van der Waals surface area (Å²) in [6.45, 7) is 4.65. The van der Waals surface area contributed by atoms with Gasteiger partial charge in [0, 0.05) is 37.9 Å². The molecule has 0 unspecified atom stereocenters. The van der Waals surface area contributed by atoms with Gasteiger partial charge in [0.15, 0.2) is 0 Å². The van der Waals surface area contributed by atoms with E-state index < -0.39 is 0 Å². The molecule has 0 radical (unpaired) electrons. The molecule has 2 atom stereocenters. The quantitative estimate of drug-likeness (QED) is 0.866. The van der Waals surface area contributed by atoms with Crippen LogP contribution in [0.4, 0.5) is 0 Å². The molecule has 3 heteroatoms. The number of rotatable bonds is 4. The van der Waals surface area contributed by atoms with Gasteiger partial charge in [0.2, 0.25) is 0 Å². The molecular weight excluding hydrogens is 282 g/mol. The summed E-state index contributed by atoms with van der Waals surface area (Å²) in [4.78, 5) is 9.92. The van der Waals surface area contributed by atoms with Gasteiger partial charge in [-0.1, -0.05) is 36.4 Å². The van der Waals surface area contributed by atoms with E-state index in [2.05, 4.69) is 57.2 Å². The SMILES string of the molecule is c1ccc(C[C@@H]2CN3CCC[C@H]3CN2Cc2ccccn2)cc1. The van der Waals surface area contributed by atoms with Crippen molar-refractivity contribution in [3.05, 3.63) is 66.0 Å². The lowest BCUT2D eigenvalue weighted by atomic mass is 9.99. The Morgan fingerprint density at radius 3 is 2.70 bits per heavy atom. The van der Waals surface area contributed by atoms with Crippen molar-refractivity contribution in [2.75, 3.05) is 19.6 Å². The molecule has 0 aliphatic carbocycles. The lowest BCUT2D eigenvalue weighted by Gasteiger charge is -2.43. The predicted octanol–water partition coefficient (Wildman–Crippen LogP) is 2.97. The summed E-state index contributed by atoms with van der Waals surface area (Å²) >= 11 is 0. The summed E-state index contributed by atoms with van der Waals surface area (Å²) in [6.07, 6.45) is 5.77. The van der Waals surface area contributed by atoms with Crippen LogP contribution in [0, 0.1) is 0 Å². The fourth-order valence-electron chi connectivity index (χ4n) is 4.12. The van der Waals surface area contributed by atoms with E-state index in [1.807, 2.05) is 12.3 Å². The zero-order valence-electron chi connectivity index (χ0n) is 13.6. The molecule has 1 aromatic carbocycles. The molecule has 120 valence electrons. The molecule has 0 bridgehead atoms. The summed E-state index contributed by atoms with van der Waals surface area (Å²) in [5.74, 6) is 0. The second-order valence-electron chi connectivity index (χ2n) is 6.89. The van der Waals surface area contributed by atoms with E-state index >= 15 is 0 Å². The number of hydrogen-bond acceptors (Lipinski definition) is 3. The minimum absolute atomic E-state index is 0.591. The summed E-state index contributed by atoms with van der Waals surface area (Å²) in [5.41, 5.74) is 2.64. The molecule has 1 aromatic heterocycles. The first-order valence-corrected chi connectivity index (χ1v) is 8.80.